The quantitative estimate of drug-likeness (QED) is 0.813. The molecule has 1 heterocycles. The molecule has 1 atom stereocenters. The maximum Gasteiger partial charge on any atom is 0.336 e. The van der Waals surface area contributed by atoms with E-state index in [1.807, 2.05) is 54.4 Å². The third kappa shape index (κ3) is 3.16. The zero-order chi connectivity index (χ0) is 18.7. The minimum atomic E-state index is -1.07. The van der Waals surface area contributed by atoms with Gasteiger partial charge in [0.25, 0.3) is 0 Å². The Hall–Kier alpha value is -2.50. The molecule has 1 aliphatic heterocycles. The maximum absolute atomic E-state index is 12.8. The number of hydrazine groups is 1. The van der Waals surface area contributed by atoms with Gasteiger partial charge in [-0.1, -0.05) is 35.9 Å². The van der Waals surface area contributed by atoms with E-state index in [1.165, 1.54) is 7.11 Å². The van der Waals surface area contributed by atoms with Gasteiger partial charge in [-0.3, -0.25) is 0 Å². The largest absolute Gasteiger partial charge is 0.497 e. The summed E-state index contributed by atoms with van der Waals surface area (Å²) in [5.74, 6) is 0.350. The van der Waals surface area contributed by atoms with Crippen molar-refractivity contribution in [3.05, 3.63) is 76.5 Å². The number of esters is 1. The Morgan fingerprint density at radius 3 is 2.54 bits per heavy atom. The lowest BCUT2D eigenvalue weighted by molar-refractivity contribution is -0.153. The van der Waals surface area contributed by atoms with Crippen molar-refractivity contribution in [1.29, 1.82) is 0 Å². The van der Waals surface area contributed by atoms with Crippen LogP contribution in [0, 0.1) is 6.92 Å². The zero-order valence-corrected chi connectivity index (χ0v) is 15.7. The van der Waals surface area contributed by atoms with E-state index in [0.717, 1.165) is 22.4 Å². The van der Waals surface area contributed by atoms with Crippen LogP contribution < -0.4 is 10.2 Å². The van der Waals surface area contributed by atoms with E-state index in [0.29, 0.717) is 11.6 Å². The van der Waals surface area contributed by atoms with Crippen molar-refractivity contribution in [3.63, 3.8) is 0 Å². The van der Waals surface area contributed by atoms with E-state index in [1.54, 1.807) is 19.4 Å². The van der Waals surface area contributed by atoms with Crippen molar-refractivity contribution in [2.75, 3.05) is 14.2 Å². The third-order valence-electron chi connectivity index (χ3n) is 4.58. The second kappa shape index (κ2) is 7.40. The highest BCUT2D eigenvalue weighted by Gasteiger charge is 2.47. The van der Waals surface area contributed by atoms with Crippen LogP contribution in [0.1, 0.15) is 16.7 Å². The van der Waals surface area contributed by atoms with Gasteiger partial charge >= 0.3 is 5.97 Å². The van der Waals surface area contributed by atoms with Crippen LogP contribution >= 0.6 is 11.6 Å². The molecule has 2 aromatic carbocycles. The predicted octanol–water partition coefficient (Wildman–Crippen LogP) is 3.56. The highest BCUT2D eigenvalue weighted by atomic mass is 35.5. The summed E-state index contributed by atoms with van der Waals surface area (Å²) in [7, 11) is 3.00. The van der Waals surface area contributed by atoms with Gasteiger partial charge in [-0.15, -0.1) is 0 Å². The van der Waals surface area contributed by atoms with E-state index < -0.39 is 5.54 Å². The minimum absolute atomic E-state index is 0.373. The van der Waals surface area contributed by atoms with Gasteiger partial charge in [-0.2, -0.15) is 5.01 Å². The first kappa shape index (κ1) is 18.3. The molecule has 1 N–H and O–H groups in total. The lowest BCUT2D eigenvalue weighted by Gasteiger charge is -2.35. The fourth-order valence-corrected chi connectivity index (χ4v) is 3.28. The topological polar surface area (TPSA) is 50.8 Å². The number of nitrogens with one attached hydrogen (secondary N) is 1. The lowest BCUT2D eigenvalue weighted by atomic mass is 9.89. The highest BCUT2D eigenvalue weighted by Crippen LogP contribution is 2.36. The van der Waals surface area contributed by atoms with Gasteiger partial charge < -0.3 is 14.9 Å². The number of benzene rings is 2. The number of nitrogens with zero attached hydrogens (tertiary/aromatic N) is 1. The molecule has 0 amide bonds. The monoisotopic (exact) mass is 372 g/mol. The standard InChI is InChI=1S/C20H21ClN2O3/c1-14-4-5-15(12-18(14)21)13-23-20(10-11-22-23,19(24)26-3)16-6-8-17(25-2)9-7-16/h4-12,22H,13H2,1-3H3. The van der Waals surface area contributed by atoms with Crippen LogP contribution in [0.3, 0.4) is 0 Å². The summed E-state index contributed by atoms with van der Waals surface area (Å²) < 4.78 is 10.4. The van der Waals surface area contributed by atoms with E-state index in [4.69, 9.17) is 21.1 Å². The van der Waals surface area contributed by atoms with E-state index in [-0.39, 0.29) is 5.97 Å². The van der Waals surface area contributed by atoms with Gasteiger partial charge in [0.15, 0.2) is 5.54 Å². The molecule has 3 rings (SSSR count). The summed E-state index contributed by atoms with van der Waals surface area (Å²) in [6, 6.07) is 13.3. The summed E-state index contributed by atoms with van der Waals surface area (Å²) in [5.41, 5.74) is 4.86. The van der Waals surface area contributed by atoms with Crippen molar-refractivity contribution < 1.29 is 14.3 Å². The Labute approximate surface area is 158 Å². The number of carbonyl (C=O) groups is 1. The van der Waals surface area contributed by atoms with Gasteiger partial charge in [0.1, 0.15) is 5.75 Å². The van der Waals surface area contributed by atoms with Crippen LogP contribution in [0.2, 0.25) is 5.02 Å². The molecule has 0 aliphatic carbocycles. The molecule has 1 unspecified atom stereocenters. The number of ether oxygens (including phenoxy) is 2. The summed E-state index contributed by atoms with van der Waals surface area (Å²) in [4.78, 5) is 12.8. The molecule has 1 aliphatic rings. The second-order valence-corrected chi connectivity index (χ2v) is 6.53. The van der Waals surface area contributed by atoms with Crippen LogP contribution in [-0.4, -0.2) is 25.2 Å². The van der Waals surface area contributed by atoms with Crippen molar-refractivity contribution >= 4 is 17.6 Å². The van der Waals surface area contributed by atoms with Gasteiger partial charge in [-0.25, -0.2) is 4.79 Å². The zero-order valence-electron chi connectivity index (χ0n) is 15.0. The summed E-state index contributed by atoms with van der Waals surface area (Å²) in [6.07, 6.45) is 3.55. The first-order valence-electron chi connectivity index (χ1n) is 8.20. The molecular weight excluding hydrogens is 352 g/mol. The Morgan fingerprint density at radius 2 is 1.92 bits per heavy atom. The first-order chi connectivity index (χ1) is 12.5. The minimum Gasteiger partial charge on any atom is -0.497 e. The van der Waals surface area contributed by atoms with Crippen LogP contribution in [0.25, 0.3) is 0 Å². The predicted molar refractivity (Wildman–Crippen MR) is 101 cm³/mol. The van der Waals surface area contributed by atoms with Crippen molar-refractivity contribution in [1.82, 2.24) is 10.4 Å². The molecule has 0 bridgehead atoms. The molecule has 0 spiro atoms. The van der Waals surface area contributed by atoms with Crippen LogP contribution in [-0.2, 0) is 21.6 Å². The molecule has 6 heteroatoms. The summed E-state index contributed by atoms with van der Waals surface area (Å²) >= 11 is 6.25. The van der Waals surface area contributed by atoms with Crippen molar-refractivity contribution in [2.45, 2.75) is 19.0 Å². The van der Waals surface area contributed by atoms with Gasteiger partial charge in [0.2, 0.25) is 0 Å². The average Bonchev–Trinajstić information content (AvgIpc) is 3.08. The maximum atomic E-state index is 12.8. The van der Waals surface area contributed by atoms with Gasteiger partial charge in [0, 0.05) is 17.8 Å². The van der Waals surface area contributed by atoms with Crippen LogP contribution in [0.5, 0.6) is 5.75 Å². The highest BCUT2D eigenvalue weighted by molar-refractivity contribution is 6.31. The smallest absolute Gasteiger partial charge is 0.336 e. The van der Waals surface area contributed by atoms with E-state index in [2.05, 4.69) is 5.43 Å². The molecule has 5 nitrogen and oxygen atoms in total. The third-order valence-corrected chi connectivity index (χ3v) is 4.99. The molecular formula is C20H21ClN2O3. The fourth-order valence-electron chi connectivity index (χ4n) is 3.08. The molecule has 26 heavy (non-hydrogen) atoms. The Bertz CT molecular complexity index is 835. The molecule has 2 aromatic rings. The fraction of sp³-hybridized carbons (Fsp3) is 0.250. The molecule has 0 fully saturated rings. The average molecular weight is 373 g/mol. The summed E-state index contributed by atoms with van der Waals surface area (Å²) in [5, 5.41) is 2.53. The number of carbonyl (C=O) groups excluding carboxylic acids is 1. The Balaban J connectivity index is 1.99. The normalized spacial score (nSPS) is 19.2. The van der Waals surface area contributed by atoms with E-state index in [9.17, 15) is 4.79 Å². The van der Waals surface area contributed by atoms with Gasteiger partial charge in [0.05, 0.1) is 14.2 Å². The van der Waals surface area contributed by atoms with Gasteiger partial charge in [-0.05, 0) is 47.9 Å². The molecule has 0 saturated heterocycles. The SMILES string of the molecule is COC(=O)C1(c2ccc(OC)cc2)C=CNN1Cc1ccc(C)c(Cl)c1. The molecule has 0 saturated carbocycles. The lowest BCUT2D eigenvalue weighted by Crippen LogP contribution is -2.51. The molecule has 0 radical (unpaired) electrons. The number of aryl methyl sites for hydroxylation is 1. The Kier molecular flexibility index (Phi) is 5.20. The number of halogens is 1. The van der Waals surface area contributed by atoms with Crippen LogP contribution in [0.15, 0.2) is 54.7 Å². The van der Waals surface area contributed by atoms with Crippen molar-refractivity contribution in [2.24, 2.45) is 0 Å². The molecule has 136 valence electrons. The van der Waals surface area contributed by atoms with Crippen molar-refractivity contribution in [3.8, 4) is 5.75 Å². The molecule has 0 aromatic heterocycles. The number of hydrogen-bond acceptors (Lipinski definition) is 5. The first-order valence-corrected chi connectivity index (χ1v) is 8.58. The number of hydrogen-bond donors (Lipinski definition) is 1. The second-order valence-electron chi connectivity index (χ2n) is 6.12. The summed E-state index contributed by atoms with van der Waals surface area (Å²) in [6.45, 7) is 2.42. The Morgan fingerprint density at radius 1 is 1.19 bits per heavy atom. The number of rotatable bonds is 5. The number of methoxy groups -OCH3 is 2. The van der Waals surface area contributed by atoms with Crippen LogP contribution in [0.4, 0.5) is 0 Å². The van der Waals surface area contributed by atoms with E-state index >= 15 is 0 Å².